The van der Waals surface area contributed by atoms with Gasteiger partial charge in [-0.3, -0.25) is 4.99 Å². The SMILES string of the molecule is CCOCCCCNC(=NC)NCC(C)c1ccsc1. The summed E-state index contributed by atoms with van der Waals surface area (Å²) in [6.07, 6.45) is 2.18. The summed E-state index contributed by atoms with van der Waals surface area (Å²) in [6.45, 7) is 7.73. The molecule has 0 bridgehead atoms. The van der Waals surface area contributed by atoms with Crippen LogP contribution in [0, 0.1) is 0 Å². The van der Waals surface area contributed by atoms with E-state index in [1.165, 1.54) is 5.56 Å². The lowest BCUT2D eigenvalue weighted by Crippen LogP contribution is -2.39. The Morgan fingerprint density at radius 2 is 2.25 bits per heavy atom. The summed E-state index contributed by atoms with van der Waals surface area (Å²) in [7, 11) is 1.81. The van der Waals surface area contributed by atoms with Crippen molar-refractivity contribution in [2.75, 3.05) is 33.4 Å². The molecule has 0 aliphatic carbocycles. The summed E-state index contributed by atoms with van der Waals surface area (Å²) in [6, 6.07) is 2.18. The summed E-state index contributed by atoms with van der Waals surface area (Å²) >= 11 is 1.75. The van der Waals surface area contributed by atoms with E-state index in [0.29, 0.717) is 5.92 Å². The van der Waals surface area contributed by atoms with Crippen LogP contribution in [-0.4, -0.2) is 39.3 Å². The first-order valence-electron chi connectivity index (χ1n) is 7.32. The number of nitrogens with one attached hydrogen (secondary N) is 2. The molecule has 2 N–H and O–H groups in total. The minimum Gasteiger partial charge on any atom is -0.382 e. The number of thiophene rings is 1. The fourth-order valence-electron chi connectivity index (χ4n) is 1.82. The molecular weight excluding hydrogens is 270 g/mol. The number of ether oxygens (including phenoxy) is 1. The molecule has 0 spiro atoms. The van der Waals surface area contributed by atoms with Crippen LogP contribution < -0.4 is 10.6 Å². The fraction of sp³-hybridized carbons (Fsp3) is 0.667. The molecule has 20 heavy (non-hydrogen) atoms. The predicted molar refractivity (Wildman–Crippen MR) is 87.8 cm³/mol. The molecule has 0 radical (unpaired) electrons. The summed E-state index contributed by atoms with van der Waals surface area (Å²) in [4.78, 5) is 4.24. The number of hydrogen-bond acceptors (Lipinski definition) is 3. The van der Waals surface area contributed by atoms with E-state index in [-0.39, 0.29) is 0 Å². The molecule has 1 aromatic heterocycles. The van der Waals surface area contributed by atoms with Crippen LogP contribution in [0.15, 0.2) is 21.8 Å². The van der Waals surface area contributed by atoms with Gasteiger partial charge in [-0.1, -0.05) is 6.92 Å². The number of nitrogens with zero attached hydrogens (tertiary/aromatic N) is 1. The van der Waals surface area contributed by atoms with Crippen molar-refractivity contribution in [1.82, 2.24) is 10.6 Å². The average Bonchev–Trinajstić information content (AvgIpc) is 2.99. The van der Waals surface area contributed by atoms with Gasteiger partial charge in [0, 0.05) is 33.4 Å². The zero-order chi connectivity index (χ0) is 14.6. The second kappa shape index (κ2) is 10.7. The second-order valence-electron chi connectivity index (χ2n) is 4.74. The van der Waals surface area contributed by atoms with Gasteiger partial charge in [0.25, 0.3) is 0 Å². The monoisotopic (exact) mass is 297 g/mol. The van der Waals surface area contributed by atoms with E-state index in [2.05, 4.69) is 39.4 Å². The lowest BCUT2D eigenvalue weighted by molar-refractivity contribution is 0.143. The van der Waals surface area contributed by atoms with Crippen molar-refractivity contribution in [3.8, 4) is 0 Å². The number of aliphatic imine (C=N–C) groups is 1. The Hall–Kier alpha value is -1.07. The van der Waals surface area contributed by atoms with Crippen molar-refractivity contribution in [1.29, 1.82) is 0 Å². The first-order chi connectivity index (χ1) is 9.77. The minimum absolute atomic E-state index is 0.498. The Labute approximate surface area is 126 Å². The van der Waals surface area contributed by atoms with Gasteiger partial charge in [-0.25, -0.2) is 0 Å². The van der Waals surface area contributed by atoms with E-state index < -0.39 is 0 Å². The molecule has 0 saturated carbocycles. The van der Waals surface area contributed by atoms with E-state index in [4.69, 9.17) is 4.74 Å². The third-order valence-electron chi connectivity index (χ3n) is 3.12. The highest BCUT2D eigenvalue weighted by atomic mass is 32.1. The van der Waals surface area contributed by atoms with Gasteiger partial charge in [-0.15, -0.1) is 0 Å². The van der Waals surface area contributed by atoms with Crippen LogP contribution >= 0.6 is 11.3 Å². The third kappa shape index (κ3) is 6.91. The smallest absolute Gasteiger partial charge is 0.190 e. The Morgan fingerprint density at radius 1 is 1.40 bits per heavy atom. The van der Waals surface area contributed by atoms with Crippen LogP contribution in [0.2, 0.25) is 0 Å². The highest BCUT2D eigenvalue weighted by Crippen LogP contribution is 2.16. The lowest BCUT2D eigenvalue weighted by Gasteiger charge is -2.15. The van der Waals surface area contributed by atoms with Gasteiger partial charge in [-0.05, 0) is 48.1 Å². The Morgan fingerprint density at radius 3 is 2.90 bits per heavy atom. The van der Waals surface area contributed by atoms with Gasteiger partial charge in [0.15, 0.2) is 5.96 Å². The molecule has 0 saturated heterocycles. The number of rotatable bonds is 9. The van der Waals surface area contributed by atoms with Crippen molar-refractivity contribution < 1.29 is 4.74 Å². The van der Waals surface area contributed by atoms with Crippen LogP contribution in [0.3, 0.4) is 0 Å². The van der Waals surface area contributed by atoms with Gasteiger partial charge in [0.05, 0.1) is 0 Å². The van der Waals surface area contributed by atoms with Gasteiger partial charge in [0.1, 0.15) is 0 Å². The van der Waals surface area contributed by atoms with Crippen molar-refractivity contribution in [3.05, 3.63) is 22.4 Å². The highest BCUT2D eigenvalue weighted by Gasteiger charge is 2.06. The topological polar surface area (TPSA) is 45.6 Å². The third-order valence-corrected chi connectivity index (χ3v) is 3.83. The quantitative estimate of drug-likeness (QED) is 0.418. The fourth-order valence-corrected chi connectivity index (χ4v) is 2.61. The van der Waals surface area contributed by atoms with E-state index in [9.17, 15) is 0 Å². The number of guanidine groups is 1. The molecule has 0 amide bonds. The lowest BCUT2D eigenvalue weighted by atomic mass is 10.1. The van der Waals surface area contributed by atoms with E-state index >= 15 is 0 Å². The molecule has 1 aromatic rings. The Bertz CT molecular complexity index is 365. The molecule has 4 nitrogen and oxygen atoms in total. The van der Waals surface area contributed by atoms with Gasteiger partial charge in [0.2, 0.25) is 0 Å². The van der Waals surface area contributed by atoms with Crippen LogP contribution in [0.4, 0.5) is 0 Å². The van der Waals surface area contributed by atoms with Gasteiger partial charge >= 0.3 is 0 Å². The average molecular weight is 297 g/mol. The highest BCUT2D eigenvalue weighted by molar-refractivity contribution is 7.07. The zero-order valence-electron chi connectivity index (χ0n) is 12.8. The predicted octanol–water partition coefficient (Wildman–Crippen LogP) is 2.83. The van der Waals surface area contributed by atoms with Crippen LogP contribution in [-0.2, 0) is 4.74 Å². The van der Waals surface area contributed by atoms with Crippen molar-refractivity contribution in [2.45, 2.75) is 32.6 Å². The van der Waals surface area contributed by atoms with E-state index in [0.717, 1.165) is 45.1 Å². The van der Waals surface area contributed by atoms with Crippen molar-refractivity contribution in [3.63, 3.8) is 0 Å². The maximum Gasteiger partial charge on any atom is 0.190 e. The number of unbranched alkanes of at least 4 members (excludes halogenated alkanes) is 1. The Kier molecular flexibility index (Phi) is 9.07. The second-order valence-corrected chi connectivity index (χ2v) is 5.52. The zero-order valence-corrected chi connectivity index (χ0v) is 13.6. The molecule has 0 aliphatic heterocycles. The molecule has 0 aromatic carbocycles. The summed E-state index contributed by atoms with van der Waals surface area (Å²) < 4.78 is 5.31. The van der Waals surface area contributed by atoms with Crippen LogP contribution in [0.5, 0.6) is 0 Å². The van der Waals surface area contributed by atoms with Crippen molar-refractivity contribution >= 4 is 17.3 Å². The Balaban J connectivity index is 2.13. The molecular formula is C15H27N3OS. The summed E-state index contributed by atoms with van der Waals surface area (Å²) in [5.74, 6) is 1.38. The molecule has 1 rings (SSSR count). The maximum absolute atomic E-state index is 5.31. The molecule has 0 fully saturated rings. The summed E-state index contributed by atoms with van der Waals surface area (Å²) in [5, 5.41) is 11.0. The summed E-state index contributed by atoms with van der Waals surface area (Å²) in [5.41, 5.74) is 1.38. The first-order valence-corrected chi connectivity index (χ1v) is 8.26. The van der Waals surface area contributed by atoms with Crippen LogP contribution in [0.1, 0.15) is 38.2 Å². The number of hydrogen-bond donors (Lipinski definition) is 2. The minimum atomic E-state index is 0.498. The van der Waals surface area contributed by atoms with Gasteiger partial charge < -0.3 is 15.4 Å². The first kappa shape index (κ1) is 17.0. The normalized spacial score (nSPS) is 13.2. The molecule has 0 aliphatic rings. The largest absolute Gasteiger partial charge is 0.382 e. The van der Waals surface area contributed by atoms with Crippen LogP contribution in [0.25, 0.3) is 0 Å². The molecule has 5 heteroatoms. The maximum atomic E-state index is 5.31. The molecule has 1 heterocycles. The van der Waals surface area contributed by atoms with E-state index in [1.807, 2.05) is 14.0 Å². The van der Waals surface area contributed by atoms with Crippen molar-refractivity contribution in [2.24, 2.45) is 4.99 Å². The van der Waals surface area contributed by atoms with E-state index in [1.54, 1.807) is 11.3 Å². The molecule has 1 atom stereocenters. The standard InChI is InChI=1S/C15H27N3OS/c1-4-19-9-6-5-8-17-15(16-3)18-11-13(2)14-7-10-20-12-14/h7,10,12-13H,4-6,8-9,11H2,1-3H3,(H2,16,17,18). The van der Waals surface area contributed by atoms with Gasteiger partial charge in [-0.2, -0.15) is 11.3 Å². The molecule has 1 unspecified atom stereocenters. The molecule has 114 valence electrons.